The van der Waals surface area contributed by atoms with Crippen molar-refractivity contribution in [3.63, 3.8) is 0 Å². The van der Waals surface area contributed by atoms with Gasteiger partial charge in [0.15, 0.2) is 0 Å². The van der Waals surface area contributed by atoms with Crippen LogP contribution in [0.2, 0.25) is 0 Å². The first-order valence-electron chi connectivity index (χ1n) is 9.36. The molecule has 0 radical (unpaired) electrons. The lowest BCUT2D eigenvalue weighted by Gasteiger charge is -2.20. The molecule has 0 aliphatic carbocycles. The quantitative estimate of drug-likeness (QED) is 0.736. The molecule has 0 saturated carbocycles. The van der Waals surface area contributed by atoms with Crippen LogP contribution in [0.5, 0.6) is 0 Å². The van der Waals surface area contributed by atoms with E-state index in [1.54, 1.807) is 16.4 Å². The first-order chi connectivity index (χ1) is 12.3. The van der Waals surface area contributed by atoms with E-state index in [1.165, 1.54) is 6.07 Å². The number of rotatable bonds is 7. The van der Waals surface area contributed by atoms with E-state index >= 15 is 0 Å². The monoisotopic (exact) mass is 381 g/mol. The number of nitrogens with one attached hydrogen (secondary N) is 1. The molecule has 0 atom stereocenters. The number of nitrogens with zero attached hydrogens (tertiary/aromatic N) is 2. The van der Waals surface area contributed by atoms with Crippen LogP contribution in [0.1, 0.15) is 48.0 Å². The molecule has 146 valence electrons. The molecule has 6 nitrogen and oxygen atoms in total. The topological polar surface area (TPSA) is 69.7 Å². The molecule has 1 amide bonds. The molecular formula is C19H31N3O3S. The third kappa shape index (κ3) is 5.53. The van der Waals surface area contributed by atoms with Crippen LogP contribution in [-0.2, 0) is 10.0 Å². The van der Waals surface area contributed by atoms with E-state index in [-0.39, 0.29) is 10.8 Å². The van der Waals surface area contributed by atoms with E-state index in [2.05, 4.69) is 10.2 Å². The molecule has 1 fully saturated rings. The zero-order valence-corrected chi connectivity index (χ0v) is 16.9. The van der Waals surface area contributed by atoms with Crippen molar-refractivity contribution < 1.29 is 13.2 Å². The van der Waals surface area contributed by atoms with Gasteiger partial charge in [-0.2, -0.15) is 4.31 Å². The number of hydrogen-bond donors (Lipinski definition) is 1. The molecule has 7 heteroatoms. The molecular weight excluding hydrogens is 350 g/mol. The number of benzene rings is 1. The molecule has 0 spiro atoms. The van der Waals surface area contributed by atoms with Crippen molar-refractivity contribution in [3.8, 4) is 0 Å². The summed E-state index contributed by atoms with van der Waals surface area (Å²) in [6, 6.07) is 4.86. The summed E-state index contributed by atoms with van der Waals surface area (Å²) in [4.78, 5) is 14.8. The summed E-state index contributed by atoms with van der Waals surface area (Å²) in [6.07, 6.45) is 4.78. The molecule has 0 bridgehead atoms. The molecule has 1 N–H and O–H groups in total. The van der Waals surface area contributed by atoms with Gasteiger partial charge in [0.1, 0.15) is 0 Å². The summed E-state index contributed by atoms with van der Waals surface area (Å²) in [5.41, 5.74) is 1.22. The van der Waals surface area contributed by atoms with Gasteiger partial charge in [-0.3, -0.25) is 4.79 Å². The van der Waals surface area contributed by atoms with Gasteiger partial charge in [0.25, 0.3) is 5.91 Å². The number of carbonyl (C=O) groups is 1. The van der Waals surface area contributed by atoms with Gasteiger partial charge in [-0.1, -0.05) is 18.9 Å². The Balaban J connectivity index is 2.13. The number of aryl methyl sites for hydroxylation is 1. The second-order valence-electron chi connectivity index (χ2n) is 7.21. The van der Waals surface area contributed by atoms with Crippen LogP contribution in [0.4, 0.5) is 0 Å². The highest BCUT2D eigenvalue weighted by Gasteiger charge is 2.26. The van der Waals surface area contributed by atoms with Crippen molar-refractivity contribution in [1.29, 1.82) is 0 Å². The van der Waals surface area contributed by atoms with Crippen molar-refractivity contribution in [2.24, 2.45) is 0 Å². The van der Waals surface area contributed by atoms with Gasteiger partial charge in [0.2, 0.25) is 10.0 Å². The van der Waals surface area contributed by atoms with Crippen LogP contribution in [0.3, 0.4) is 0 Å². The predicted octanol–water partition coefficient (Wildman–Crippen LogP) is 2.24. The fourth-order valence-electron chi connectivity index (χ4n) is 3.13. The predicted molar refractivity (Wildman–Crippen MR) is 104 cm³/mol. The highest BCUT2D eigenvalue weighted by Crippen LogP contribution is 2.22. The van der Waals surface area contributed by atoms with Crippen molar-refractivity contribution in [3.05, 3.63) is 29.3 Å². The van der Waals surface area contributed by atoms with E-state index in [9.17, 15) is 13.2 Å². The third-order valence-electron chi connectivity index (χ3n) is 4.72. The summed E-state index contributed by atoms with van der Waals surface area (Å²) >= 11 is 0. The first-order valence-corrected chi connectivity index (χ1v) is 10.8. The molecule has 1 heterocycles. The van der Waals surface area contributed by atoms with Crippen LogP contribution in [0.25, 0.3) is 0 Å². The average molecular weight is 382 g/mol. The Kier molecular flexibility index (Phi) is 7.61. The van der Waals surface area contributed by atoms with Gasteiger partial charge in [-0.25, -0.2) is 8.42 Å². The largest absolute Gasteiger partial charge is 0.352 e. The minimum Gasteiger partial charge on any atom is -0.352 e. The second-order valence-corrected chi connectivity index (χ2v) is 9.15. The van der Waals surface area contributed by atoms with Gasteiger partial charge >= 0.3 is 0 Å². The minimum atomic E-state index is -3.55. The highest BCUT2D eigenvalue weighted by atomic mass is 32.2. The van der Waals surface area contributed by atoms with E-state index < -0.39 is 10.0 Å². The molecule has 0 unspecified atom stereocenters. The van der Waals surface area contributed by atoms with E-state index in [4.69, 9.17) is 0 Å². The zero-order valence-electron chi connectivity index (χ0n) is 16.1. The minimum absolute atomic E-state index is 0.212. The smallest absolute Gasteiger partial charge is 0.251 e. The Morgan fingerprint density at radius 2 is 1.81 bits per heavy atom. The molecule has 2 rings (SSSR count). The van der Waals surface area contributed by atoms with Crippen molar-refractivity contribution in [2.75, 3.05) is 40.3 Å². The van der Waals surface area contributed by atoms with Crippen LogP contribution < -0.4 is 5.32 Å². The van der Waals surface area contributed by atoms with Crippen LogP contribution in [-0.4, -0.2) is 63.8 Å². The molecule has 1 aliphatic heterocycles. The Labute approximate surface area is 157 Å². The Hall–Kier alpha value is -1.44. The lowest BCUT2D eigenvalue weighted by atomic mass is 10.1. The molecule has 1 aromatic carbocycles. The average Bonchev–Trinajstić information content (AvgIpc) is 2.88. The fourth-order valence-corrected chi connectivity index (χ4v) is 4.67. The highest BCUT2D eigenvalue weighted by molar-refractivity contribution is 7.89. The fraction of sp³-hybridized carbons (Fsp3) is 0.632. The van der Waals surface area contributed by atoms with Crippen molar-refractivity contribution >= 4 is 15.9 Å². The van der Waals surface area contributed by atoms with Gasteiger partial charge in [0.05, 0.1) is 4.90 Å². The van der Waals surface area contributed by atoms with Crippen molar-refractivity contribution in [2.45, 2.75) is 43.9 Å². The van der Waals surface area contributed by atoms with E-state index in [0.717, 1.165) is 44.2 Å². The summed E-state index contributed by atoms with van der Waals surface area (Å²) in [7, 11) is 0.431. The summed E-state index contributed by atoms with van der Waals surface area (Å²) in [6.45, 7) is 4.41. The number of sulfonamides is 1. The van der Waals surface area contributed by atoms with Crippen LogP contribution >= 0.6 is 0 Å². The molecule has 1 aliphatic rings. The normalized spacial score (nSPS) is 16.5. The number of carbonyl (C=O) groups excluding carboxylic acids is 1. The van der Waals surface area contributed by atoms with Crippen LogP contribution in [0.15, 0.2) is 23.1 Å². The summed E-state index contributed by atoms with van der Waals surface area (Å²) in [5.74, 6) is -0.214. The zero-order chi connectivity index (χ0) is 19.2. The second kappa shape index (κ2) is 9.48. The maximum absolute atomic E-state index is 13.0. The van der Waals surface area contributed by atoms with Crippen molar-refractivity contribution in [1.82, 2.24) is 14.5 Å². The van der Waals surface area contributed by atoms with E-state index in [1.807, 2.05) is 21.0 Å². The molecule has 26 heavy (non-hydrogen) atoms. The van der Waals surface area contributed by atoms with Gasteiger partial charge in [0, 0.05) is 25.2 Å². The number of amides is 1. The maximum Gasteiger partial charge on any atom is 0.251 e. The van der Waals surface area contributed by atoms with Crippen LogP contribution in [0, 0.1) is 6.92 Å². The lowest BCUT2D eigenvalue weighted by Crippen LogP contribution is -2.32. The maximum atomic E-state index is 13.0. The molecule has 1 saturated heterocycles. The standard InChI is InChI=1S/C19H31N3O3S/c1-16-9-10-17(26(24,25)22-13-6-4-5-7-14-22)15-18(16)19(23)20-11-8-12-21(2)3/h9-10,15H,4-8,11-14H2,1-3H3,(H,20,23). The first kappa shape index (κ1) is 20.9. The Morgan fingerprint density at radius 3 is 2.42 bits per heavy atom. The Bertz CT molecular complexity index is 709. The van der Waals surface area contributed by atoms with Gasteiger partial charge in [-0.05, 0) is 64.5 Å². The summed E-state index contributed by atoms with van der Waals surface area (Å²) < 4.78 is 27.5. The third-order valence-corrected chi connectivity index (χ3v) is 6.62. The van der Waals surface area contributed by atoms with Gasteiger partial charge < -0.3 is 10.2 Å². The van der Waals surface area contributed by atoms with E-state index in [0.29, 0.717) is 25.2 Å². The molecule has 1 aromatic rings. The van der Waals surface area contributed by atoms with Gasteiger partial charge in [-0.15, -0.1) is 0 Å². The summed E-state index contributed by atoms with van der Waals surface area (Å²) in [5, 5.41) is 2.89. The lowest BCUT2D eigenvalue weighted by molar-refractivity contribution is 0.0951. The molecule has 0 aromatic heterocycles. The number of hydrogen-bond acceptors (Lipinski definition) is 4. The Morgan fingerprint density at radius 1 is 1.15 bits per heavy atom. The SMILES string of the molecule is Cc1ccc(S(=O)(=O)N2CCCCCC2)cc1C(=O)NCCCN(C)C.